The number of halogens is 3. The first-order valence-corrected chi connectivity index (χ1v) is 6.46. The zero-order valence-electron chi connectivity index (χ0n) is 10.8. The minimum Gasteiger partial charge on any atom is -0.348 e. The fourth-order valence-electron chi connectivity index (χ4n) is 2.45. The standard InChI is InChI=1S/C13H16F3N3O/c14-13(15,16)9-4-5-11(18-7-9)12(20)19-10-3-1-2-8(10)6-17/h4-5,7-8,10H,1-3,6,17H2,(H,19,20). The van der Waals surface area contributed by atoms with Crippen molar-refractivity contribution in [1.29, 1.82) is 0 Å². The van der Waals surface area contributed by atoms with Crippen LogP contribution in [0.15, 0.2) is 18.3 Å². The van der Waals surface area contributed by atoms with Crippen LogP contribution < -0.4 is 11.1 Å². The zero-order chi connectivity index (χ0) is 14.8. The molecular weight excluding hydrogens is 271 g/mol. The van der Waals surface area contributed by atoms with Gasteiger partial charge >= 0.3 is 6.18 Å². The smallest absolute Gasteiger partial charge is 0.348 e. The molecule has 110 valence electrons. The van der Waals surface area contributed by atoms with Crippen LogP contribution in [0.2, 0.25) is 0 Å². The summed E-state index contributed by atoms with van der Waals surface area (Å²) in [7, 11) is 0. The number of nitrogens with zero attached hydrogens (tertiary/aromatic N) is 1. The molecule has 1 saturated carbocycles. The lowest BCUT2D eigenvalue weighted by Crippen LogP contribution is -2.40. The van der Waals surface area contributed by atoms with E-state index in [0.717, 1.165) is 31.4 Å². The quantitative estimate of drug-likeness (QED) is 0.893. The zero-order valence-corrected chi connectivity index (χ0v) is 10.8. The van der Waals surface area contributed by atoms with Crippen LogP contribution in [0.5, 0.6) is 0 Å². The highest BCUT2D eigenvalue weighted by Gasteiger charge is 2.31. The molecule has 7 heteroatoms. The molecule has 0 aliphatic heterocycles. The van der Waals surface area contributed by atoms with E-state index >= 15 is 0 Å². The van der Waals surface area contributed by atoms with Crippen LogP contribution in [0.1, 0.15) is 35.3 Å². The largest absolute Gasteiger partial charge is 0.417 e. The van der Waals surface area contributed by atoms with E-state index in [0.29, 0.717) is 12.7 Å². The maximum Gasteiger partial charge on any atom is 0.417 e. The molecule has 2 unspecified atom stereocenters. The van der Waals surface area contributed by atoms with Gasteiger partial charge in [0.15, 0.2) is 0 Å². The molecule has 1 aliphatic carbocycles. The Morgan fingerprint density at radius 3 is 2.70 bits per heavy atom. The lowest BCUT2D eigenvalue weighted by molar-refractivity contribution is -0.137. The van der Waals surface area contributed by atoms with E-state index in [-0.39, 0.29) is 17.7 Å². The Morgan fingerprint density at radius 2 is 2.15 bits per heavy atom. The number of rotatable bonds is 3. The molecule has 3 N–H and O–H groups in total. The summed E-state index contributed by atoms with van der Waals surface area (Å²) in [6.07, 6.45) is -0.981. The lowest BCUT2D eigenvalue weighted by atomic mass is 10.0. The van der Waals surface area contributed by atoms with Gasteiger partial charge in [-0.05, 0) is 37.4 Å². The average Bonchev–Trinajstić information content (AvgIpc) is 2.85. The fraction of sp³-hybridized carbons (Fsp3) is 0.538. The Balaban J connectivity index is 2.02. The molecule has 0 saturated heterocycles. The SMILES string of the molecule is NCC1CCCC1NC(=O)c1ccc(C(F)(F)F)cn1. The maximum absolute atomic E-state index is 12.4. The van der Waals surface area contributed by atoms with Crippen LogP contribution in [-0.4, -0.2) is 23.5 Å². The molecule has 0 aromatic carbocycles. The summed E-state index contributed by atoms with van der Waals surface area (Å²) in [5.41, 5.74) is 4.74. The van der Waals surface area contributed by atoms with Gasteiger partial charge in [-0.25, -0.2) is 0 Å². The van der Waals surface area contributed by atoms with Crippen LogP contribution in [0, 0.1) is 5.92 Å². The Hall–Kier alpha value is -1.63. The molecule has 20 heavy (non-hydrogen) atoms. The van der Waals surface area contributed by atoms with Crippen LogP contribution in [0.3, 0.4) is 0 Å². The Morgan fingerprint density at radius 1 is 1.40 bits per heavy atom. The van der Waals surface area contributed by atoms with Crippen molar-refractivity contribution in [2.45, 2.75) is 31.5 Å². The third kappa shape index (κ3) is 3.27. The van der Waals surface area contributed by atoms with E-state index in [1.807, 2.05) is 0 Å². The average molecular weight is 287 g/mol. The van der Waals surface area contributed by atoms with Gasteiger partial charge in [0, 0.05) is 12.2 Å². The van der Waals surface area contributed by atoms with Crippen molar-refractivity contribution in [3.8, 4) is 0 Å². The molecule has 1 aliphatic rings. The molecule has 0 spiro atoms. The molecule has 0 radical (unpaired) electrons. The molecule has 2 atom stereocenters. The summed E-state index contributed by atoms with van der Waals surface area (Å²) in [4.78, 5) is 15.5. The highest BCUT2D eigenvalue weighted by Crippen LogP contribution is 2.28. The molecule has 1 aromatic heterocycles. The van der Waals surface area contributed by atoms with Crippen molar-refractivity contribution in [2.24, 2.45) is 11.7 Å². The van der Waals surface area contributed by atoms with Gasteiger partial charge in [-0.3, -0.25) is 9.78 Å². The number of hydrogen-bond donors (Lipinski definition) is 2. The minimum absolute atomic E-state index is 0.0133. The summed E-state index contributed by atoms with van der Waals surface area (Å²) in [5, 5.41) is 2.79. The summed E-state index contributed by atoms with van der Waals surface area (Å²) in [5.74, 6) is -0.225. The maximum atomic E-state index is 12.4. The van der Waals surface area contributed by atoms with E-state index in [1.54, 1.807) is 0 Å². The number of pyridine rings is 1. The second-order valence-corrected chi connectivity index (χ2v) is 4.94. The van der Waals surface area contributed by atoms with E-state index in [1.165, 1.54) is 0 Å². The van der Waals surface area contributed by atoms with E-state index in [4.69, 9.17) is 5.73 Å². The summed E-state index contributed by atoms with van der Waals surface area (Å²) in [6, 6.07) is 1.93. The molecular formula is C13H16F3N3O. The third-order valence-electron chi connectivity index (χ3n) is 3.60. The molecule has 1 fully saturated rings. The van der Waals surface area contributed by atoms with Gasteiger partial charge in [-0.15, -0.1) is 0 Å². The third-order valence-corrected chi connectivity index (χ3v) is 3.60. The van der Waals surface area contributed by atoms with Crippen molar-refractivity contribution in [3.05, 3.63) is 29.6 Å². The van der Waals surface area contributed by atoms with Crippen molar-refractivity contribution in [1.82, 2.24) is 10.3 Å². The van der Waals surface area contributed by atoms with E-state index in [9.17, 15) is 18.0 Å². The van der Waals surface area contributed by atoms with Crippen molar-refractivity contribution in [2.75, 3.05) is 6.54 Å². The van der Waals surface area contributed by atoms with E-state index in [2.05, 4.69) is 10.3 Å². The number of nitrogens with one attached hydrogen (secondary N) is 1. The molecule has 2 rings (SSSR count). The summed E-state index contributed by atoms with van der Waals surface area (Å²) >= 11 is 0. The van der Waals surface area contributed by atoms with Gasteiger partial charge in [0.2, 0.25) is 0 Å². The second-order valence-electron chi connectivity index (χ2n) is 4.94. The van der Waals surface area contributed by atoms with Gasteiger partial charge in [0.25, 0.3) is 5.91 Å². The molecule has 1 heterocycles. The van der Waals surface area contributed by atoms with Gasteiger partial charge in [0.05, 0.1) is 5.56 Å². The van der Waals surface area contributed by atoms with Gasteiger partial charge in [-0.2, -0.15) is 13.2 Å². The summed E-state index contributed by atoms with van der Waals surface area (Å²) in [6.45, 7) is 0.491. The molecule has 1 aromatic rings. The predicted octanol–water partition coefficient (Wildman–Crippen LogP) is 1.96. The molecule has 1 amide bonds. The summed E-state index contributed by atoms with van der Waals surface area (Å²) < 4.78 is 37.2. The molecule has 0 bridgehead atoms. The van der Waals surface area contributed by atoms with Crippen molar-refractivity contribution < 1.29 is 18.0 Å². The van der Waals surface area contributed by atoms with Gasteiger partial charge < -0.3 is 11.1 Å². The predicted molar refractivity (Wildman–Crippen MR) is 66.9 cm³/mol. The number of aromatic nitrogens is 1. The minimum atomic E-state index is -4.45. The highest BCUT2D eigenvalue weighted by molar-refractivity contribution is 5.92. The Kier molecular flexibility index (Phi) is 4.27. The molecule has 4 nitrogen and oxygen atoms in total. The first-order valence-electron chi connectivity index (χ1n) is 6.46. The number of amides is 1. The van der Waals surface area contributed by atoms with Crippen molar-refractivity contribution in [3.63, 3.8) is 0 Å². The first kappa shape index (κ1) is 14.8. The lowest BCUT2D eigenvalue weighted by Gasteiger charge is -2.19. The monoisotopic (exact) mass is 287 g/mol. The highest BCUT2D eigenvalue weighted by atomic mass is 19.4. The van der Waals surface area contributed by atoms with Crippen molar-refractivity contribution >= 4 is 5.91 Å². The topological polar surface area (TPSA) is 68.0 Å². The van der Waals surface area contributed by atoms with E-state index < -0.39 is 17.6 Å². The Bertz CT molecular complexity index is 473. The number of carbonyl (C=O) groups excluding carboxylic acids is 1. The number of nitrogens with two attached hydrogens (primary N) is 1. The van der Waals surface area contributed by atoms with Gasteiger partial charge in [0.1, 0.15) is 5.69 Å². The number of alkyl halides is 3. The van der Waals surface area contributed by atoms with Crippen LogP contribution in [0.25, 0.3) is 0 Å². The number of carbonyl (C=O) groups is 1. The van der Waals surface area contributed by atoms with Crippen LogP contribution in [-0.2, 0) is 6.18 Å². The Labute approximate surface area is 114 Å². The normalized spacial score (nSPS) is 22.8. The first-order chi connectivity index (χ1) is 9.41. The van der Waals surface area contributed by atoms with Gasteiger partial charge in [-0.1, -0.05) is 6.42 Å². The van der Waals surface area contributed by atoms with Crippen LogP contribution in [0.4, 0.5) is 13.2 Å². The fourth-order valence-corrected chi connectivity index (χ4v) is 2.45. The second kappa shape index (κ2) is 5.78. The number of hydrogen-bond acceptors (Lipinski definition) is 3. The van der Waals surface area contributed by atoms with Crippen LogP contribution >= 0.6 is 0 Å².